The van der Waals surface area contributed by atoms with E-state index in [1.807, 2.05) is 0 Å². The van der Waals surface area contributed by atoms with E-state index >= 15 is 0 Å². The predicted octanol–water partition coefficient (Wildman–Crippen LogP) is -0.662. The molecule has 2 rings (SSSR count). The standard InChI is InChI=1S/C8H11N3O4/c12-5-8(10-6(13)9-5)1-3-11(4-2-8)7(14)15/h1-4H2,(H,14,15)(H2,9,10,12,13). The van der Waals surface area contributed by atoms with E-state index in [0.29, 0.717) is 12.8 Å². The van der Waals surface area contributed by atoms with Crippen LogP contribution in [0.3, 0.4) is 0 Å². The largest absolute Gasteiger partial charge is 0.465 e. The number of carbonyl (C=O) groups is 3. The van der Waals surface area contributed by atoms with Crippen LogP contribution in [0.4, 0.5) is 9.59 Å². The van der Waals surface area contributed by atoms with Crippen LogP contribution in [0.5, 0.6) is 0 Å². The predicted molar refractivity (Wildman–Crippen MR) is 48.2 cm³/mol. The summed E-state index contributed by atoms with van der Waals surface area (Å²) in [5, 5.41) is 13.5. The topological polar surface area (TPSA) is 98.7 Å². The second kappa shape index (κ2) is 3.11. The molecule has 2 aliphatic heterocycles. The molecule has 7 heteroatoms. The quantitative estimate of drug-likeness (QED) is 0.465. The molecule has 0 bridgehead atoms. The number of nitrogens with one attached hydrogen (secondary N) is 2. The van der Waals surface area contributed by atoms with E-state index in [4.69, 9.17) is 5.11 Å². The Kier molecular flexibility index (Phi) is 2.02. The van der Waals surface area contributed by atoms with Gasteiger partial charge in [-0.1, -0.05) is 0 Å². The van der Waals surface area contributed by atoms with E-state index in [9.17, 15) is 14.4 Å². The molecule has 0 atom stereocenters. The van der Waals surface area contributed by atoms with Gasteiger partial charge in [0.25, 0.3) is 5.91 Å². The van der Waals surface area contributed by atoms with Gasteiger partial charge in [0, 0.05) is 13.1 Å². The molecule has 0 radical (unpaired) electrons. The number of likely N-dealkylation sites (tertiary alicyclic amines) is 1. The summed E-state index contributed by atoms with van der Waals surface area (Å²) in [4.78, 5) is 34.3. The number of hydrogen-bond acceptors (Lipinski definition) is 3. The van der Waals surface area contributed by atoms with Crippen molar-refractivity contribution < 1.29 is 19.5 Å². The summed E-state index contributed by atoms with van der Waals surface area (Å²) in [5.74, 6) is -0.350. The zero-order valence-electron chi connectivity index (χ0n) is 7.95. The number of piperidine rings is 1. The molecule has 0 saturated carbocycles. The highest BCUT2D eigenvalue weighted by molar-refractivity contribution is 6.07. The third-order valence-corrected chi connectivity index (χ3v) is 2.90. The minimum Gasteiger partial charge on any atom is -0.465 e. The first-order valence-corrected chi connectivity index (χ1v) is 4.65. The third-order valence-electron chi connectivity index (χ3n) is 2.90. The van der Waals surface area contributed by atoms with Crippen LogP contribution in [-0.2, 0) is 4.79 Å². The summed E-state index contributed by atoms with van der Waals surface area (Å²) >= 11 is 0. The number of carboxylic acid groups (broad SMARTS) is 1. The number of rotatable bonds is 0. The lowest BCUT2D eigenvalue weighted by Gasteiger charge is -2.35. The maximum Gasteiger partial charge on any atom is 0.407 e. The molecular formula is C8H11N3O4. The van der Waals surface area contributed by atoms with Gasteiger partial charge >= 0.3 is 12.1 Å². The Balaban J connectivity index is 2.06. The third kappa shape index (κ3) is 1.49. The smallest absolute Gasteiger partial charge is 0.407 e. The van der Waals surface area contributed by atoms with Gasteiger partial charge < -0.3 is 15.3 Å². The first-order valence-electron chi connectivity index (χ1n) is 4.65. The van der Waals surface area contributed by atoms with Crippen molar-refractivity contribution in [3.63, 3.8) is 0 Å². The molecule has 3 N–H and O–H groups in total. The first-order chi connectivity index (χ1) is 7.03. The molecule has 2 fully saturated rings. The van der Waals surface area contributed by atoms with Gasteiger partial charge in [-0.2, -0.15) is 0 Å². The molecule has 7 nitrogen and oxygen atoms in total. The highest BCUT2D eigenvalue weighted by atomic mass is 16.4. The summed E-state index contributed by atoms with van der Waals surface area (Å²) in [5.41, 5.74) is -0.886. The van der Waals surface area contributed by atoms with Gasteiger partial charge in [0.05, 0.1) is 0 Å². The van der Waals surface area contributed by atoms with Crippen LogP contribution < -0.4 is 10.6 Å². The second-order valence-corrected chi connectivity index (χ2v) is 3.76. The number of nitrogens with zero attached hydrogens (tertiary/aromatic N) is 1. The summed E-state index contributed by atoms with van der Waals surface area (Å²) in [6, 6.07) is -0.497. The maximum atomic E-state index is 11.5. The zero-order valence-corrected chi connectivity index (χ0v) is 7.95. The SMILES string of the molecule is O=C1NC(=O)C2(CCN(C(=O)O)CC2)N1. The summed E-state index contributed by atoms with van der Waals surface area (Å²) < 4.78 is 0. The molecular weight excluding hydrogens is 202 g/mol. The molecule has 0 aromatic rings. The normalized spacial score (nSPS) is 23.9. The van der Waals surface area contributed by atoms with Crippen molar-refractivity contribution in [3.05, 3.63) is 0 Å². The Morgan fingerprint density at radius 2 is 1.93 bits per heavy atom. The Morgan fingerprint density at radius 3 is 2.33 bits per heavy atom. The van der Waals surface area contributed by atoms with Crippen LogP contribution in [0.15, 0.2) is 0 Å². The van der Waals surface area contributed by atoms with Gasteiger partial charge in [0.2, 0.25) is 0 Å². The first kappa shape index (κ1) is 9.75. The minimum absolute atomic E-state index is 0.267. The fourth-order valence-electron chi connectivity index (χ4n) is 1.96. The molecule has 82 valence electrons. The molecule has 1 spiro atoms. The molecule has 0 aromatic carbocycles. The second-order valence-electron chi connectivity index (χ2n) is 3.76. The highest BCUT2D eigenvalue weighted by Crippen LogP contribution is 2.25. The zero-order chi connectivity index (χ0) is 11.1. The lowest BCUT2D eigenvalue weighted by molar-refractivity contribution is -0.125. The summed E-state index contributed by atoms with van der Waals surface area (Å²) in [7, 11) is 0. The number of urea groups is 1. The van der Waals surface area contributed by atoms with Crippen molar-refractivity contribution in [2.45, 2.75) is 18.4 Å². The number of imide groups is 1. The van der Waals surface area contributed by atoms with Crippen LogP contribution in [0.25, 0.3) is 0 Å². The van der Waals surface area contributed by atoms with Gasteiger partial charge in [-0.15, -0.1) is 0 Å². The van der Waals surface area contributed by atoms with E-state index in [0.717, 1.165) is 0 Å². The van der Waals surface area contributed by atoms with Crippen molar-refractivity contribution >= 4 is 18.0 Å². The average Bonchev–Trinajstić information content (AvgIpc) is 2.42. The molecule has 2 saturated heterocycles. The maximum absolute atomic E-state index is 11.5. The fourth-order valence-corrected chi connectivity index (χ4v) is 1.96. The molecule has 0 unspecified atom stereocenters. The lowest BCUT2D eigenvalue weighted by atomic mass is 9.88. The van der Waals surface area contributed by atoms with Crippen LogP contribution in [0.1, 0.15) is 12.8 Å². The summed E-state index contributed by atoms with van der Waals surface area (Å²) in [6.45, 7) is 0.534. The molecule has 4 amide bonds. The van der Waals surface area contributed by atoms with E-state index in [1.54, 1.807) is 0 Å². The Labute approximate surface area is 85.4 Å². The van der Waals surface area contributed by atoms with Gasteiger partial charge in [0.15, 0.2) is 0 Å². The van der Waals surface area contributed by atoms with Crippen LogP contribution in [0, 0.1) is 0 Å². The van der Waals surface area contributed by atoms with Gasteiger partial charge in [-0.25, -0.2) is 9.59 Å². The lowest BCUT2D eigenvalue weighted by Crippen LogP contribution is -2.55. The van der Waals surface area contributed by atoms with Gasteiger partial charge in [-0.05, 0) is 12.8 Å². The van der Waals surface area contributed by atoms with Crippen molar-refractivity contribution in [1.29, 1.82) is 0 Å². The van der Waals surface area contributed by atoms with E-state index in [1.165, 1.54) is 4.90 Å². The summed E-state index contributed by atoms with van der Waals surface area (Å²) in [6.07, 6.45) is -0.331. The van der Waals surface area contributed by atoms with Crippen LogP contribution >= 0.6 is 0 Å². The molecule has 2 aliphatic rings. The Hall–Kier alpha value is -1.79. The Bertz CT molecular complexity index is 333. The van der Waals surface area contributed by atoms with Crippen molar-refractivity contribution in [2.24, 2.45) is 0 Å². The highest BCUT2D eigenvalue weighted by Gasteiger charge is 2.48. The van der Waals surface area contributed by atoms with E-state index < -0.39 is 17.7 Å². The molecule has 0 aromatic heterocycles. The van der Waals surface area contributed by atoms with Crippen molar-refractivity contribution in [1.82, 2.24) is 15.5 Å². The molecule has 15 heavy (non-hydrogen) atoms. The molecule has 2 heterocycles. The average molecular weight is 213 g/mol. The van der Waals surface area contributed by atoms with E-state index in [-0.39, 0.29) is 19.0 Å². The van der Waals surface area contributed by atoms with Gasteiger partial charge in [0.1, 0.15) is 5.54 Å². The number of hydrogen-bond donors (Lipinski definition) is 3. The minimum atomic E-state index is -0.991. The van der Waals surface area contributed by atoms with Crippen molar-refractivity contribution in [3.8, 4) is 0 Å². The number of carbonyl (C=O) groups excluding carboxylic acids is 2. The van der Waals surface area contributed by atoms with Crippen molar-refractivity contribution in [2.75, 3.05) is 13.1 Å². The Morgan fingerprint density at radius 1 is 1.33 bits per heavy atom. The van der Waals surface area contributed by atoms with Crippen LogP contribution in [0.2, 0.25) is 0 Å². The molecule has 0 aliphatic carbocycles. The number of amides is 4. The van der Waals surface area contributed by atoms with E-state index in [2.05, 4.69) is 10.6 Å². The monoisotopic (exact) mass is 213 g/mol. The van der Waals surface area contributed by atoms with Crippen LogP contribution in [-0.4, -0.2) is 46.7 Å². The van der Waals surface area contributed by atoms with Gasteiger partial charge in [-0.3, -0.25) is 10.1 Å². The fraction of sp³-hybridized carbons (Fsp3) is 0.625.